The molecule has 2 aliphatic heterocycles. The lowest BCUT2D eigenvalue weighted by atomic mass is 9.91. The van der Waals surface area contributed by atoms with Crippen LogP contribution in [0.15, 0.2) is 40.9 Å². The van der Waals surface area contributed by atoms with Crippen LogP contribution >= 0.6 is 11.6 Å². The van der Waals surface area contributed by atoms with Gasteiger partial charge in [-0.25, -0.2) is 4.39 Å². The summed E-state index contributed by atoms with van der Waals surface area (Å²) in [5.41, 5.74) is 2.75. The quantitative estimate of drug-likeness (QED) is 0.384. The molecule has 2 aliphatic rings. The maximum Gasteiger partial charge on any atom is 0.170 e. The molecule has 3 heterocycles. The Morgan fingerprint density at radius 2 is 1.85 bits per heavy atom. The molecule has 0 saturated carbocycles. The van der Waals surface area contributed by atoms with E-state index in [1.54, 1.807) is 6.07 Å². The molecule has 0 radical (unpaired) electrons. The third-order valence-corrected chi connectivity index (χ3v) is 7.21. The van der Waals surface area contributed by atoms with Crippen molar-refractivity contribution in [1.82, 2.24) is 15.0 Å². The van der Waals surface area contributed by atoms with Gasteiger partial charge in [0.05, 0.1) is 17.3 Å². The summed E-state index contributed by atoms with van der Waals surface area (Å²) < 4.78 is 24.7. The maximum atomic E-state index is 13.4. The lowest BCUT2D eigenvalue weighted by Crippen LogP contribution is -2.34. The molecule has 0 bridgehead atoms. The van der Waals surface area contributed by atoms with Crippen LogP contribution in [0.4, 0.5) is 4.39 Å². The predicted octanol–water partition coefficient (Wildman–Crippen LogP) is 5.86. The fourth-order valence-corrected chi connectivity index (χ4v) is 5.34. The van der Waals surface area contributed by atoms with E-state index in [0.29, 0.717) is 23.1 Å². The summed E-state index contributed by atoms with van der Waals surface area (Å²) in [4.78, 5) is 4.95. The number of ether oxygens (including phenoxy) is 1. The largest absolute Gasteiger partial charge is 0.492 e. The zero-order chi connectivity index (χ0) is 22.6. The van der Waals surface area contributed by atoms with Crippen molar-refractivity contribution >= 4 is 22.6 Å². The molecule has 0 atom stereocenters. The second-order valence-corrected chi connectivity index (χ2v) is 9.68. The Morgan fingerprint density at radius 1 is 1.03 bits per heavy atom. The Hall–Kier alpha value is -2.15. The first-order valence-corrected chi connectivity index (χ1v) is 12.4. The highest BCUT2D eigenvalue weighted by molar-refractivity contribution is 6.32. The van der Waals surface area contributed by atoms with E-state index in [1.165, 1.54) is 43.6 Å². The molecular weight excluding hydrogens is 441 g/mol. The first-order valence-electron chi connectivity index (χ1n) is 12.1. The average molecular weight is 472 g/mol. The van der Waals surface area contributed by atoms with Crippen LogP contribution in [0.2, 0.25) is 5.02 Å². The number of hydrogen-bond donors (Lipinski definition) is 0. The van der Waals surface area contributed by atoms with E-state index in [-0.39, 0.29) is 5.82 Å². The van der Waals surface area contributed by atoms with Gasteiger partial charge in [0.15, 0.2) is 5.58 Å². The number of aromatic nitrogens is 1. The van der Waals surface area contributed by atoms with Crippen LogP contribution in [0.1, 0.15) is 49.3 Å². The molecule has 3 aromatic rings. The van der Waals surface area contributed by atoms with Crippen LogP contribution in [0.5, 0.6) is 5.75 Å². The number of nitrogens with zero attached hydrogens (tertiary/aromatic N) is 3. The minimum Gasteiger partial charge on any atom is -0.492 e. The van der Waals surface area contributed by atoms with E-state index in [9.17, 15) is 4.39 Å². The summed E-state index contributed by atoms with van der Waals surface area (Å²) in [6.45, 7) is 7.03. The van der Waals surface area contributed by atoms with E-state index in [0.717, 1.165) is 62.3 Å². The SMILES string of the molecule is Fc1ccc2c(C3CCN(CCCOc4ccc(CN5CCCC5)cc4Cl)CC3)noc2c1. The molecule has 176 valence electrons. The highest BCUT2D eigenvalue weighted by atomic mass is 35.5. The highest BCUT2D eigenvalue weighted by Gasteiger charge is 2.25. The molecule has 0 aliphatic carbocycles. The van der Waals surface area contributed by atoms with Gasteiger partial charge in [0.2, 0.25) is 0 Å². The third kappa shape index (κ3) is 5.51. The fraction of sp³-hybridized carbons (Fsp3) is 0.500. The molecule has 2 aromatic carbocycles. The van der Waals surface area contributed by atoms with Gasteiger partial charge in [0.25, 0.3) is 0 Å². The molecule has 2 saturated heterocycles. The Labute approximate surface area is 199 Å². The first kappa shape index (κ1) is 22.6. The monoisotopic (exact) mass is 471 g/mol. The van der Waals surface area contributed by atoms with Crippen LogP contribution in [-0.2, 0) is 6.54 Å². The Balaban J connectivity index is 1.05. The highest BCUT2D eigenvalue weighted by Crippen LogP contribution is 2.33. The molecule has 0 N–H and O–H groups in total. The van der Waals surface area contributed by atoms with Crippen molar-refractivity contribution in [1.29, 1.82) is 0 Å². The topological polar surface area (TPSA) is 41.7 Å². The van der Waals surface area contributed by atoms with Gasteiger partial charge in [-0.15, -0.1) is 0 Å². The number of benzene rings is 2. The second kappa shape index (κ2) is 10.4. The first-order chi connectivity index (χ1) is 16.2. The molecule has 5 rings (SSSR count). The van der Waals surface area contributed by atoms with Crippen molar-refractivity contribution in [2.75, 3.05) is 39.3 Å². The second-order valence-electron chi connectivity index (χ2n) is 9.27. The number of piperidine rings is 1. The van der Waals surface area contributed by atoms with Gasteiger partial charge in [0.1, 0.15) is 11.6 Å². The predicted molar refractivity (Wildman–Crippen MR) is 128 cm³/mol. The van der Waals surface area contributed by atoms with E-state index in [1.807, 2.05) is 12.1 Å². The third-order valence-electron chi connectivity index (χ3n) is 6.91. The van der Waals surface area contributed by atoms with Crippen molar-refractivity contribution in [3.8, 4) is 5.75 Å². The molecule has 5 nitrogen and oxygen atoms in total. The van der Waals surface area contributed by atoms with Gasteiger partial charge in [0, 0.05) is 30.5 Å². The van der Waals surface area contributed by atoms with E-state index < -0.39 is 0 Å². The molecule has 33 heavy (non-hydrogen) atoms. The fourth-order valence-electron chi connectivity index (χ4n) is 5.08. The molecule has 7 heteroatoms. The summed E-state index contributed by atoms with van der Waals surface area (Å²) in [7, 11) is 0. The van der Waals surface area contributed by atoms with Gasteiger partial charge in [-0.1, -0.05) is 22.8 Å². The van der Waals surface area contributed by atoms with E-state index in [4.69, 9.17) is 20.9 Å². The Kier molecular flexibility index (Phi) is 7.14. The standard InChI is InChI=1S/C26H31ClFN3O2/c27-23-16-19(18-31-10-1-2-11-31)4-7-24(23)32-15-3-12-30-13-8-20(9-14-30)26-22-6-5-21(28)17-25(22)33-29-26/h4-7,16-17,20H,1-3,8-15,18H2. The minimum absolute atomic E-state index is 0.290. The zero-order valence-electron chi connectivity index (χ0n) is 18.9. The maximum absolute atomic E-state index is 13.4. The Bertz CT molecular complexity index is 1070. The number of rotatable bonds is 8. The number of hydrogen-bond acceptors (Lipinski definition) is 5. The minimum atomic E-state index is -0.290. The lowest BCUT2D eigenvalue weighted by molar-refractivity contribution is 0.191. The summed E-state index contributed by atoms with van der Waals surface area (Å²) in [5, 5.41) is 5.88. The molecular formula is C26H31ClFN3O2. The molecule has 0 unspecified atom stereocenters. The molecule has 0 spiro atoms. The van der Waals surface area contributed by atoms with Gasteiger partial charge < -0.3 is 14.2 Å². The van der Waals surface area contributed by atoms with Crippen molar-refractivity contribution in [2.45, 2.75) is 44.6 Å². The molecule has 1 aromatic heterocycles. The van der Waals surface area contributed by atoms with E-state index >= 15 is 0 Å². The van der Waals surface area contributed by atoms with Crippen molar-refractivity contribution < 1.29 is 13.7 Å². The number of likely N-dealkylation sites (tertiary alicyclic amines) is 2. The Morgan fingerprint density at radius 3 is 2.64 bits per heavy atom. The van der Waals surface area contributed by atoms with Crippen molar-refractivity contribution in [2.24, 2.45) is 0 Å². The summed E-state index contributed by atoms with van der Waals surface area (Å²) >= 11 is 6.47. The van der Waals surface area contributed by atoms with Crippen LogP contribution in [0.3, 0.4) is 0 Å². The normalized spacial score (nSPS) is 18.4. The summed E-state index contributed by atoms with van der Waals surface area (Å²) in [6.07, 6.45) is 5.62. The van der Waals surface area contributed by atoms with Crippen LogP contribution in [0.25, 0.3) is 11.0 Å². The van der Waals surface area contributed by atoms with Crippen molar-refractivity contribution in [3.05, 3.63) is 58.5 Å². The van der Waals surface area contributed by atoms with Crippen molar-refractivity contribution in [3.63, 3.8) is 0 Å². The van der Waals surface area contributed by atoms with Gasteiger partial charge in [-0.3, -0.25) is 4.90 Å². The van der Waals surface area contributed by atoms with Crippen LogP contribution in [-0.4, -0.2) is 54.3 Å². The number of halogens is 2. The smallest absolute Gasteiger partial charge is 0.170 e. The number of fused-ring (bicyclic) bond motifs is 1. The summed E-state index contributed by atoms with van der Waals surface area (Å²) in [5.74, 6) is 0.846. The zero-order valence-corrected chi connectivity index (χ0v) is 19.7. The van der Waals surface area contributed by atoms with Gasteiger partial charge in [-0.2, -0.15) is 0 Å². The van der Waals surface area contributed by atoms with Gasteiger partial charge >= 0.3 is 0 Å². The van der Waals surface area contributed by atoms with Crippen LogP contribution < -0.4 is 4.74 Å². The molecule has 2 fully saturated rings. The average Bonchev–Trinajstić information content (AvgIpc) is 3.48. The van der Waals surface area contributed by atoms with Gasteiger partial charge in [-0.05, 0) is 88.1 Å². The summed E-state index contributed by atoms with van der Waals surface area (Å²) in [6, 6.07) is 10.9. The van der Waals surface area contributed by atoms with Crippen LogP contribution in [0, 0.1) is 5.82 Å². The lowest BCUT2D eigenvalue weighted by Gasteiger charge is -2.31. The molecule has 0 amide bonds. The van der Waals surface area contributed by atoms with E-state index in [2.05, 4.69) is 21.0 Å².